The summed E-state index contributed by atoms with van der Waals surface area (Å²) in [6.07, 6.45) is 0. The van der Waals surface area contributed by atoms with Crippen molar-refractivity contribution in [1.29, 1.82) is 0 Å². The predicted octanol–water partition coefficient (Wildman–Crippen LogP) is 5.43. The van der Waals surface area contributed by atoms with Gasteiger partial charge in [0.15, 0.2) is 0 Å². The number of aryl methyl sites for hydroxylation is 1. The zero-order valence-corrected chi connectivity index (χ0v) is 12.1. The molecule has 0 saturated heterocycles. The van der Waals surface area contributed by atoms with Crippen molar-refractivity contribution >= 4 is 27.5 Å². The summed E-state index contributed by atoms with van der Waals surface area (Å²) >= 11 is 9.23. The Morgan fingerprint density at radius 2 is 2.00 bits per heavy atom. The molecule has 4 heteroatoms. The smallest absolute Gasteiger partial charge is 0.132 e. The Morgan fingerprint density at radius 3 is 2.67 bits per heavy atom. The molecule has 0 aliphatic heterocycles. The van der Waals surface area contributed by atoms with Gasteiger partial charge in [-0.3, -0.25) is 0 Å². The van der Waals surface area contributed by atoms with Crippen LogP contribution in [0.25, 0.3) is 0 Å². The minimum absolute atomic E-state index is 0.242. The number of ether oxygens (including phenoxy) is 1. The molecule has 0 aliphatic carbocycles. The highest BCUT2D eigenvalue weighted by Gasteiger charge is 2.06. The van der Waals surface area contributed by atoms with Crippen LogP contribution in [-0.4, -0.2) is 0 Å². The van der Waals surface area contributed by atoms with Gasteiger partial charge in [-0.2, -0.15) is 0 Å². The molecule has 2 aromatic carbocycles. The van der Waals surface area contributed by atoms with Gasteiger partial charge in [0.2, 0.25) is 0 Å². The van der Waals surface area contributed by atoms with Gasteiger partial charge < -0.3 is 4.74 Å². The summed E-state index contributed by atoms with van der Waals surface area (Å²) in [5, 5.41) is 0. The second-order valence-electron chi connectivity index (χ2n) is 3.90. The van der Waals surface area contributed by atoms with Gasteiger partial charge in [-0.25, -0.2) is 4.39 Å². The predicted molar refractivity (Wildman–Crippen MR) is 74.9 cm³/mol. The van der Waals surface area contributed by atoms with E-state index in [0.29, 0.717) is 22.9 Å². The van der Waals surface area contributed by atoms with Crippen molar-refractivity contribution in [2.24, 2.45) is 0 Å². The van der Waals surface area contributed by atoms with E-state index in [0.717, 1.165) is 10.0 Å². The fourth-order valence-electron chi connectivity index (χ4n) is 1.54. The molecule has 0 unspecified atom stereocenters. The zero-order chi connectivity index (χ0) is 13.1. The molecule has 94 valence electrons. The standard InChI is InChI=1S/C14H11BrClFO/c1-9-6-12(4-5-13(9)17)18-14-7-11(15)3-2-10(14)8-16/h2-7H,8H2,1H3. The summed E-state index contributed by atoms with van der Waals surface area (Å²) in [5.74, 6) is 1.39. The van der Waals surface area contributed by atoms with Crippen LogP contribution >= 0.6 is 27.5 Å². The van der Waals surface area contributed by atoms with Gasteiger partial charge in [-0.15, -0.1) is 11.6 Å². The van der Waals surface area contributed by atoms with Crippen LogP contribution in [0.3, 0.4) is 0 Å². The Bertz CT molecular complexity index is 572. The second kappa shape index (κ2) is 5.72. The van der Waals surface area contributed by atoms with E-state index in [9.17, 15) is 4.39 Å². The average Bonchev–Trinajstić information content (AvgIpc) is 2.34. The first-order chi connectivity index (χ1) is 8.60. The molecule has 0 aromatic heterocycles. The molecule has 0 atom stereocenters. The van der Waals surface area contributed by atoms with E-state index in [1.165, 1.54) is 6.07 Å². The summed E-state index contributed by atoms with van der Waals surface area (Å²) in [5.41, 5.74) is 1.44. The largest absolute Gasteiger partial charge is 0.457 e. The van der Waals surface area contributed by atoms with E-state index < -0.39 is 0 Å². The van der Waals surface area contributed by atoms with Gasteiger partial charge in [-0.05, 0) is 42.8 Å². The second-order valence-corrected chi connectivity index (χ2v) is 5.08. The third-order valence-corrected chi connectivity index (χ3v) is 3.31. The molecule has 0 aliphatic rings. The number of rotatable bonds is 3. The highest BCUT2D eigenvalue weighted by molar-refractivity contribution is 9.10. The Labute approximate surface area is 119 Å². The van der Waals surface area contributed by atoms with E-state index in [1.807, 2.05) is 18.2 Å². The fraction of sp³-hybridized carbons (Fsp3) is 0.143. The van der Waals surface area contributed by atoms with Crippen LogP contribution in [0.2, 0.25) is 0 Å². The van der Waals surface area contributed by atoms with Crippen molar-refractivity contribution in [1.82, 2.24) is 0 Å². The lowest BCUT2D eigenvalue weighted by Crippen LogP contribution is -1.91. The van der Waals surface area contributed by atoms with Crippen molar-refractivity contribution in [3.05, 3.63) is 57.8 Å². The Morgan fingerprint density at radius 1 is 1.22 bits per heavy atom. The topological polar surface area (TPSA) is 9.23 Å². The first kappa shape index (κ1) is 13.4. The van der Waals surface area contributed by atoms with Crippen molar-refractivity contribution in [2.75, 3.05) is 0 Å². The summed E-state index contributed by atoms with van der Waals surface area (Å²) in [6.45, 7) is 1.70. The minimum Gasteiger partial charge on any atom is -0.457 e. The molecule has 0 spiro atoms. The van der Waals surface area contributed by atoms with Crippen LogP contribution in [0.1, 0.15) is 11.1 Å². The van der Waals surface area contributed by atoms with Crippen LogP contribution in [0.15, 0.2) is 40.9 Å². The van der Waals surface area contributed by atoms with E-state index in [-0.39, 0.29) is 5.82 Å². The Balaban J connectivity index is 2.33. The number of hydrogen-bond acceptors (Lipinski definition) is 1. The van der Waals surface area contributed by atoms with Crippen LogP contribution in [0.4, 0.5) is 4.39 Å². The van der Waals surface area contributed by atoms with Gasteiger partial charge in [0.25, 0.3) is 0 Å². The van der Waals surface area contributed by atoms with Crippen LogP contribution in [0.5, 0.6) is 11.5 Å². The molecule has 0 fully saturated rings. The quantitative estimate of drug-likeness (QED) is 0.682. The Hall–Kier alpha value is -1.06. The minimum atomic E-state index is -0.242. The maximum atomic E-state index is 13.2. The number of alkyl halides is 1. The van der Waals surface area contributed by atoms with E-state index >= 15 is 0 Å². The molecule has 1 nitrogen and oxygen atoms in total. The van der Waals surface area contributed by atoms with Crippen molar-refractivity contribution < 1.29 is 9.13 Å². The van der Waals surface area contributed by atoms with Gasteiger partial charge in [0, 0.05) is 10.0 Å². The summed E-state index contributed by atoms with van der Waals surface area (Å²) in [6, 6.07) is 10.3. The van der Waals surface area contributed by atoms with Crippen LogP contribution in [0, 0.1) is 12.7 Å². The molecule has 0 N–H and O–H groups in total. The van der Waals surface area contributed by atoms with Crippen LogP contribution in [-0.2, 0) is 5.88 Å². The van der Waals surface area contributed by atoms with Crippen molar-refractivity contribution in [3.63, 3.8) is 0 Å². The molecular weight excluding hydrogens is 319 g/mol. The number of benzene rings is 2. The SMILES string of the molecule is Cc1cc(Oc2cc(Br)ccc2CCl)ccc1F. The zero-order valence-electron chi connectivity index (χ0n) is 9.71. The highest BCUT2D eigenvalue weighted by atomic mass is 79.9. The molecule has 2 rings (SSSR count). The molecule has 18 heavy (non-hydrogen) atoms. The lowest BCUT2D eigenvalue weighted by atomic mass is 10.2. The van der Waals surface area contributed by atoms with E-state index in [4.69, 9.17) is 16.3 Å². The molecule has 0 amide bonds. The molecule has 2 aromatic rings. The van der Waals surface area contributed by atoms with E-state index in [1.54, 1.807) is 19.1 Å². The van der Waals surface area contributed by atoms with Crippen molar-refractivity contribution in [2.45, 2.75) is 12.8 Å². The molecule has 0 radical (unpaired) electrons. The third kappa shape index (κ3) is 3.03. The number of hydrogen-bond donors (Lipinski definition) is 0. The Kier molecular flexibility index (Phi) is 4.25. The van der Waals surface area contributed by atoms with Gasteiger partial charge >= 0.3 is 0 Å². The molecule has 0 saturated carbocycles. The highest BCUT2D eigenvalue weighted by Crippen LogP contribution is 2.30. The summed E-state index contributed by atoms with van der Waals surface area (Å²) in [7, 11) is 0. The van der Waals surface area contributed by atoms with Gasteiger partial charge in [0.05, 0.1) is 5.88 Å². The lowest BCUT2D eigenvalue weighted by molar-refractivity contribution is 0.475. The lowest BCUT2D eigenvalue weighted by Gasteiger charge is -2.10. The first-order valence-electron chi connectivity index (χ1n) is 5.38. The normalized spacial score (nSPS) is 10.4. The fourth-order valence-corrected chi connectivity index (χ4v) is 2.10. The van der Waals surface area contributed by atoms with Gasteiger partial charge in [-0.1, -0.05) is 22.0 Å². The molecule has 0 heterocycles. The average molecular weight is 330 g/mol. The maximum absolute atomic E-state index is 13.2. The monoisotopic (exact) mass is 328 g/mol. The van der Waals surface area contributed by atoms with Gasteiger partial charge in [0.1, 0.15) is 17.3 Å². The molecule has 0 bridgehead atoms. The third-order valence-electron chi connectivity index (χ3n) is 2.53. The maximum Gasteiger partial charge on any atom is 0.132 e. The summed E-state index contributed by atoms with van der Waals surface area (Å²) in [4.78, 5) is 0. The first-order valence-corrected chi connectivity index (χ1v) is 6.71. The van der Waals surface area contributed by atoms with E-state index in [2.05, 4.69) is 15.9 Å². The number of halogens is 3. The van der Waals surface area contributed by atoms with Crippen molar-refractivity contribution in [3.8, 4) is 11.5 Å². The summed E-state index contributed by atoms with van der Waals surface area (Å²) < 4.78 is 19.8. The van der Waals surface area contributed by atoms with Crippen LogP contribution < -0.4 is 4.74 Å². The molecular formula is C14H11BrClFO.